The molecule has 2 saturated heterocycles. The molecule has 5 rings (SSSR count). The number of amides is 1. The summed E-state index contributed by atoms with van der Waals surface area (Å²) in [5, 5.41) is 21.6. The van der Waals surface area contributed by atoms with Gasteiger partial charge < -0.3 is 25.0 Å². The largest absolute Gasteiger partial charge is 0.392 e. The van der Waals surface area contributed by atoms with E-state index in [0.29, 0.717) is 25.1 Å². The van der Waals surface area contributed by atoms with Crippen molar-refractivity contribution in [3.63, 3.8) is 0 Å². The summed E-state index contributed by atoms with van der Waals surface area (Å²) in [5.74, 6) is -12.8. The number of aliphatic hydroxyl groups excluding tert-OH is 2. The predicted octanol–water partition coefficient (Wildman–Crippen LogP) is 4.98. The summed E-state index contributed by atoms with van der Waals surface area (Å²) in [7, 11) is 0. The minimum Gasteiger partial charge on any atom is -0.392 e. The van der Waals surface area contributed by atoms with Crippen LogP contribution in [0.5, 0.6) is 0 Å². The van der Waals surface area contributed by atoms with Crippen molar-refractivity contribution in [2.45, 2.75) is 44.6 Å². The van der Waals surface area contributed by atoms with Gasteiger partial charge in [-0.3, -0.25) is 9.69 Å². The zero-order valence-electron chi connectivity index (χ0n) is 22.5. The molecule has 3 aromatic rings. The van der Waals surface area contributed by atoms with Crippen LogP contribution in [0, 0.1) is 35.0 Å². The Balaban J connectivity index is 1.36. The van der Waals surface area contributed by atoms with Gasteiger partial charge in [-0.2, -0.15) is 0 Å². The second-order valence-corrected chi connectivity index (χ2v) is 10.5. The minimum atomic E-state index is -2.35. The van der Waals surface area contributed by atoms with E-state index >= 15 is 0 Å². The van der Waals surface area contributed by atoms with Crippen LogP contribution in [0.3, 0.4) is 0 Å². The molecule has 0 bridgehead atoms. The fourth-order valence-electron chi connectivity index (χ4n) is 5.28. The highest BCUT2D eigenvalue weighted by molar-refractivity contribution is 6.04. The summed E-state index contributed by atoms with van der Waals surface area (Å²) in [4.78, 5) is 14.6. The lowest BCUT2D eigenvalue weighted by molar-refractivity contribution is -0.276. The molecule has 5 atom stereocenters. The van der Waals surface area contributed by atoms with Gasteiger partial charge in [-0.1, -0.05) is 43.3 Å². The van der Waals surface area contributed by atoms with Crippen molar-refractivity contribution in [3.05, 3.63) is 99.9 Å². The summed E-state index contributed by atoms with van der Waals surface area (Å²) in [6, 6.07) is 13.3. The minimum absolute atomic E-state index is 0.0376. The van der Waals surface area contributed by atoms with Crippen LogP contribution >= 0.6 is 0 Å². The Hall–Kier alpha value is -3.42. The standard InChI is InChI=1S/C30H29F5N2O5/c1-15-21(13-37-11-10-20(39)12-37)41-30(42-28(15)17-4-2-16(14-38)3-5-17)18-6-8-19(9-7-18)36-29(40)22-23(31)25(33)27(35)26(34)24(22)32/h2-9,15,20-21,28,30,38-39H,10-14H2,1H3,(H,36,40). The van der Waals surface area contributed by atoms with Crippen LogP contribution in [0.2, 0.25) is 0 Å². The molecule has 42 heavy (non-hydrogen) atoms. The molecule has 224 valence electrons. The molecule has 0 saturated carbocycles. The molecule has 2 aliphatic heterocycles. The number of nitrogens with zero attached hydrogens (tertiary/aromatic N) is 1. The number of ether oxygens (including phenoxy) is 2. The molecule has 2 fully saturated rings. The van der Waals surface area contributed by atoms with Crippen LogP contribution < -0.4 is 5.32 Å². The fourth-order valence-corrected chi connectivity index (χ4v) is 5.28. The Labute approximate surface area is 238 Å². The lowest BCUT2D eigenvalue weighted by atomic mass is 9.90. The van der Waals surface area contributed by atoms with Crippen LogP contribution in [0.15, 0.2) is 48.5 Å². The van der Waals surface area contributed by atoms with Gasteiger partial charge in [0.1, 0.15) is 5.56 Å². The second-order valence-electron chi connectivity index (χ2n) is 10.5. The molecule has 3 aromatic carbocycles. The number of β-amino-alcohol motifs (C(OH)–C–C–N with tert-alkyl or cyclic N) is 1. The quantitative estimate of drug-likeness (QED) is 0.204. The lowest BCUT2D eigenvalue weighted by Crippen LogP contribution is -2.44. The number of carbonyl (C=O) groups excluding carboxylic acids is 1. The highest BCUT2D eigenvalue weighted by Crippen LogP contribution is 2.42. The molecular formula is C30H29F5N2O5. The lowest BCUT2D eigenvalue weighted by Gasteiger charge is -2.42. The summed E-state index contributed by atoms with van der Waals surface area (Å²) in [5.41, 5.74) is 0.635. The van der Waals surface area contributed by atoms with Gasteiger partial charge in [-0.25, -0.2) is 22.0 Å². The average molecular weight is 593 g/mol. The Bertz CT molecular complexity index is 1410. The monoisotopic (exact) mass is 592 g/mol. The maximum Gasteiger partial charge on any atom is 0.261 e. The Morgan fingerprint density at radius 3 is 2.07 bits per heavy atom. The highest BCUT2D eigenvalue weighted by atomic mass is 19.2. The van der Waals surface area contributed by atoms with Crippen LogP contribution in [-0.2, 0) is 16.1 Å². The van der Waals surface area contributed by atoms with E-state index in [1.54, 1.807) is 12.1 Å². The molecule has 0 aliphatic carbocycles. The first-order valence-electron chi connectivity index (χ1n) is 13.4. The number of likely N-dealkylation sites (tertiary alicyclic amines) is 1. The van der Waals surface area contributed by atoms with Gasteiger partial charge in [0.15, 0.2) is 29.6 Å². The van der Waals surface area contributed by atoms with Crippen molar-refractivity contribution in [3.8, 4) is 0 Å². The number of anilines is 1. The first-order chi connectivity index (χ1) is 20.1. The molecule has 3 N–H and O–H groups in total. The van der Waals surface area contributed by atoms with Crippen LogP contribution in [0.4, 0.5) is 27.6 Å². The third kappa shape index (κ3) is 6.04. The van der Waals surface area contributed by atoms with E-state index in [9.17, 15) is 37.0 Å². The summed E-state index contributed by atoms with van der Waals surface area (Å²) in [6.07, 6.45) is -1.25. The number of nitrogens with one attached hydrogen (secondary N) is 1. The molecule has 7 nitrogen and oxygen atoms in total. The Morgan fingerprint density at radius 2 is 1.50 bits per heavy atom. The van der Waals surface area contributed by atoms with E-state index in [4.69, 9.17) is 9.47 Å². The topological polar surface area (TPSA) is 91.3 Å². The first kappa shape index (κ1) is 30.1. The number of hydrogen-bond acceptors (Lipinski definition) is 6. The third-order valence-corrected chi connectivity index (χ3v) is 7.69. The van der Waals surface area contributed by atoms with Crippen LogP contribution in [0.25, 0.3) is 0 Å². The van der Waals surface area contributed by atoms with Gasteiger partial charge in [0, 0.05) is 36.8 Å². The molecule has 0 aromatic heterocycles. The van der Waals surface area contributed by atoms with Gasteiger partial charge in [0.2, 0.25) is 5.82 Å². The second kappa shape index (κ2) is 12.4. The van der Waals surface area contributed by atoms with Crippen LogP contribution in [-0.4, -0.2) is 52.9 Å². The zero-order valence-corrected chi connectivity index (χ0v) is 22.5. The van der Waals surface area contributed by atoms with E-state index in [1.165, 1.54) is 12.1 Å². The van der Waals surface area contributed by atoms with E-state index in [-0.39, 0.29) is 30.4 Å². The number of halogens is 5. The van der Waals surface area contributed by atoms with E-state index in [1.807, 2.05) is 31.2 Å². The van der Waals surface area contributed by atoms with Crippen molar-refractivity contribution >= 4 is 11.6 Å². The van der Waals surface area contributed by atoms with Gasteiger partial charge in [0.05, 0.1) is 24.9 Å². The molecule has 1 amide bonds. The third-order valence-electron chi connectivity index (χ3n) is 7.69. The summed E-state index contributed by atoms with van der Waals surface area (Å²) >= 11 is 0. The summed E-state index contributed by atoms with van der Waals surface area (Å²) < 4.78 is 81.3. The Kier molecular flexibility index (Phi) is 8.90. The van der Waals surface area contributed by atoms with Crippen molar-refractivity contribution in [1.82, 2.24) is 4.90 Å². The molecule has 2 heterocycles. The first-order valence-corrected chi connectivity index (χ1v) is 13.4. The van der Waals surface area contributed by atoms with Crippen molar-refractivity contribution in [2.75, 3.05) is 25.0 Å². The molecule has 5 unspecified atom stereocenters. The van der Waals surface area contributed by atoms with Gasteiger partial charge in [0.25, 0.3) is 5.91 Å². The van der Waals surface area contributed by atoms with Gasteiger partial charge in [-0.15, -0.1) is 0 Å². The SMILES string of the molecule is CC1C(CN2CCC(O)C2)OC(c2ccc(NC(=O)c3c(F)c(F)c(F)c(F)c3F)cc2)OC1c1ccc(CO)cc1. The molecule has 0 radical (unpaired) electrons. The predicted molar refractivity (Wildman–Crippen MR) is 141 cm³/mol. The van der Waals surface area contributed by atoms with Crippen LogP contribution in [0.1, 0.15) is 52.8 Å². The molecule has 2 aliphatic rings. The average Bonchev–Trinajstić information content (AvgIpc) is 3.41. The van der Waals surface area contributed by atoms with Gasteiger partial charge in [-0.05, 0) is 29.7 Å². The number of rotatable bonds is 7. The molecular weight excluding hydrogens is 563 g/mol. The van der Waals surface area contributed by atoms with Gasteiger partial charge >= 0.3 is 0 Å². The van der Waals surface area contributed by atoms with Crippen molar-refractivity contribution < 1.29 is 46.4 Å². The van der Waals surface area contributed by atoms with E-state index < -0.39 is 53.0 Å². The van der Waals surface area contributed by atoms with Crippen molar-refractivity contribution in [2.24, 2.45) is 5.92 Å². The fraction of sp³-hybridized carbons (Fsp3) is 0.367. The smallest absolute Gasteiger partial charge is 0.261 e. The number of hydrogen-bond donors (Lipinski definition) is 3. The maximum atomic E-state index is 14.1. The van der Waals surface area contributed by atoms with E-state index in [2.05, 4.69) is 10.2 Å². The number of aliphatic hydroxyl groups is 2. The van der Waals surface area contributed by atoms with Crippen molar-refractivity contribution in [1.29, 1.82) is 0 Å². The normalized spacial score (nSPS) is 24.6. The van der Waals surface area contributed by atoms with E-state index in [0.717, 1.165) is 17.7 Å². The highest BCUT2D eigenvalue weighted by Gasteiger charge is 2.40. The number of benzene rings is 3. The molecule has 0 spiro atoms. The zero-order chi connectivity index (χ0) is 30.1. The summed E-state index contributed by atoms with van der Waals surface area (Å²) in [6.45, 7) is 3.73. The maximum absolute atomic E-state index is 14.1. The Morgan fingerprint density at radius 1 is 0.905 bits per heavy atom. The molecule has 12 heteroatoms. The number of carbonyl (C=O) groups is 1.